The molecule has 1 fully saturated rings. The van der Waals surface area contributed by atoms with Crippen LogP contribution < -0.4 is 5.32 Å². The van der Waals surface area contributed by atoms with E-state index in [-0.39, 0.29) is 17.9 Å². The van der Waals surface area contributed by atoms with Gasteiger partial charge in [-0.15, -0.1) is 0 Å². The number of aromatic nitrogens is 2. The van der Waals surface area contributed by atoms with Gasteiger partial charge >= 0.3 is 0 Å². The summed E-state index contributed by atoms with van der Waals surface area (Å²) in [4.78, 5) is 31.0. The van der Waals surface area contributed by atoms with E-state index < -0.39 is 0 Å². The van der Waals surface area contributed by atoms with E-state index in [1.54, 1.807) is 17.9 Å². The molecular weight excluding hydrogens is 304 g/mol. The molecule has 2 aromatic rings. The van der Waals surface area contributed by atoms with Crippen LogP contribution in [0.25, 0.3) is 0 Å². The van der Waals surface area contributed by atoms with Gasteiger partial charge in [-0.25, -0.2) is 4.98 Å². The summed E-state index contributed by atoms with van der Waals surface area (Å²) in [6.45, 7) is 3.09. The number of hydrogen-bond donors (Lipinski definition) is 1. The first-order chi connectivity index (χ1) is 11.6. The Hall–Kier alpha value is -2.63. The largest absolute Gasteiger partial charge is 0.346 e. The molecule has 0 spiro atoms. The highest BCUT2D eigenvalue weighted by molar-refractivity contribution is 5.95. The first-order valence-electron chi connectivity index (χ1n) is 8.19. The lowest BCUT2D eigenvalue weighted by atomic mass is 10.0. The van der Waals surface area contributed by atoms with Gasteiger partial charge in [0.15, 0.2) is 0 Å². The quantitative estimate of drug-likeness (QED) is 0.934. The summed E-state index contributed by atoms with van der Waals surface area (Å²) >= 11 is 0. The second kappa shape index (κ2) is 6.86. The van der Waals surface area contributed by atoms with Crippen LogP contribution in [0, 0.1) is 6.92 Å². The summed E-state index contributed by atoms with van der Waals surface area (Å²) in [5.74, 6) is -0.113. The molecule has 0 aliphatic carbocycles. The van der Waals surface area contributed by atoms with Crippen LogP contribution in [0.5, 0.6) is 0 Å². The summed E-state index contributed by atoms with van der Waals surface area (Å²) in [7, 11) is 1.81. The standard InChI is InChI=1S/C18H22N4O2/c1-13-16(21(2)12-19-13)17(23)20-15-9-6-10-22(11-15)18(24)14-7-4-3-5-8-14/h3-5,7-8,12,15H,6,9-11H2,1-2H3,(H,20,23)/t15-/m1/s1. The Kier molecular flexibility index (Phi) is 4.64. The lowest BCUT2D eigenvalue weighted by molar-refractivity contribution is 0.0674. The number of nitrogens with zero attached hydrogens (tertiary/aromatic N) is 3. The lowest BCUT2D eigenvalue weighted by Gasteiger charge is -2.33. The van der Waals surface area contributed by atoms with E-state index in [4.69, 9.17) is 0 Å². The molecule has 1 N–H and O–H groups in total. The zero-order valence-electron chi connectivity index (χ0n) is 14.0. The predicted molar refractivity (Wildman–Crippen MR) is 90.8 cm³/mol. The zero-order chi connectivity index (χ0) is 17.1. The number of amides is 2. The predicted octanol–water partition coefficient (Wildman–Crippen LogP) is 1.76. The Morgan fingerprint density at radius 2 is 2.00 bits per heavy atom. The van der Waals surface area contributed by atoms with Gasteiger partial charge in [-0.2, -0.15) is 0 Å². The fraction of sp³-hybridized carbons (Fsp3) is 0.389. The third-order valence-corrected chi connectivity index (χ3v) is 4.40. The van der Waals surface area contributed by atoms with Crippen molar-refractivity contribution in [2.75, 3.05) is 13.1 Å². The molecule has 2 amide bonds. The topological polar surface area (TPSA) is 67.2 Å². The minimum atomic E-state index is -0.133. The average molecular weight is 326 g/mol. The molecule has 0 radical (unpaired) electrons. The number of aryl methyl sites for hydroxylation is 2. The van der Waals surface area contributed by atoms with Crippen LogP contribution in [0.1, 0.15) is 39.4 Å². The molecule has 126 valence electrons. The maximum atomic E-state index is 12.6. The normalized spacial score (nSPS) is 17.6. The molecule has 1 aromatic heterocycles. The number of likely N-dealkylation sites (tertiary alicyclic amines) is 1. The van der Waals surface area contributed by atoms with Crippen LogP contribution in [-0.2, 0) is 7.05 Å². The maximum Gasteiger partial charge on any atom is 0.270 e. The first kappa shape index (κ1) is 16.2. The SMILES string of the molecule is Cc1ncn(C)c1C(=O)N[C@@H]1CCCN(C(=O)c2ccccc2)C1. The molecule has 1 aliphatic heterocycles. The Morgan fingerprint density at radius 1 is 1.25 bits per heavy atom. The summed E-state index contributed by atoms with van der Waals surface area (Å²) in [5.41, 5.74) is 1.97. The molecule has 0 bridgehead atoms. The van der Waals surface area contributed by atoms with Gasteiger partial charge in [0.05, 0.1) is 12.0 Å². The summed E-state index contributed by atoms with van der Waals surface area (Å²) in [6, 6.07) is 9.23. The number of piperidine rings is 1. The molecule has 24 heavy (non-hydrogen) atoms. The van der Waals surface area contributed by atoms with Crippen LogP contribution in [0.2, 0.25) is 0 Å². The molecule has 1 aromatic carbocycles. The number of benzene rings is 1. The Balaban J connectivity index is 1.66. The molecule has 2 heterocycles. The Bertz CT molecular complexity index is 719. The van der Waals surface area contributed by atoms with Crippen molar-refractivity contribution in [3.05, 3.63) is 53.6 Å². The number of carbonyl (C=O) groups excluding carboxylic acids is 2. The molecule has 1 aliphatic rings. The van der Waals surface area contributed by atoms with Gasteiger partial charge in [0, 0.05) is 31.7 Å². The molecule has 0 unspecified atom stereocenters. The molecule has 0 saturated carbocycles. The second-order valence-corrected chi connectivity index (χ2v) is 6.22. The Morgan fingerprint density at radius 3 is 2.67 bits per heavy atom. The maximum absolute atomic E-state index is 12.6. The van der Waals surface area contributed by atoms with Gasteiger partial charge in [0.25, 0.3) is 11.8 Å². The molecule has 3 rings (SSSR count). The van der Waals surface area contributed by atoms with Crippen molar-refractivity contribution in [3.8, 4) is 0 Å². The van der Waals surface area contributed by atoms with Crippen LogP contribution in [0.3, 0.4) is 0 Å². The number of hydrogen-bond acceptors (Lipinski definition) is 3. The van der Waals surface area contributed by atoms with Crippen molar-refractivity contribution < 1.29 is 9.59 Å². The van der Waals surface area contributed by atoms with E-state index in [1.807, 2.05) is 42.2 Å². The van der Waals surface area contributed by atoms with Gasteiger partial charge < -0.3 is 14.8 Å². The molecular formula is C18H22N4O2. The molecule has 1 atom stereocenters. The smallest absolute Gasteiger partial charge is 0.270 e. The van der Waals surface area contributed by atoms with Crippen LogP contribution in [0.15, 0.2) is 36.7 Å². The highest BCUT2D eigenvalue weighted by Crippen LogP contribution is 2.15. The number of imidazole rings is 1. The molecule has 1 saturated heterocycles. The number of carbonyl (C=O) groups is 2. The van der Waals surface area contributed by atoms with E-state index >= 15 is 0 Å². The number of nitrogens with one attached hydrogen (secondary N) is 1. The van der Waals surface area contributed by atoms with Crippen molar-refractivity contribution in [2.45, 2.75) is 25.8 Å². The van der Waals surface area contributed by atoms with E-state index in [9.17, 15) is 9.59 Å². The van der Waals surface area contributed by atoms with E-state index in [1.165, 1.54) is 0 Å². The lowest BCUT2D eigenvalue weighted by Crippen LogP contribution is -2.49. The highest BCUT2D eigenvalue weighted by Gasteiger charge is 2.26. The van der Waals surface area contributed by atoms with E-state index in [2.05, 4.69) is 10.3 Å². The van der Waals surface area contributed by atoms with Gasteiger partial charge in [0.1, 0.15) is 5.69 Å². The van der Waals surface area contributed by atoms with Gasteiger partial charge in [-0.1, -0.05) is 18.2 Å². The summed E-state index contributed by atoms with van der Waals surface area (Å²) in [6.07, 6.45) is 3.39. The van der Waals surface area contributed by atoms with Gasteiger partial charge in [-0.05, 0) is 31.9 Å². The number of rotatable bonds is 3. The summed E-state index contributed by atoms with van der Waals surface area (Å²) < 4.78 is 1.72. The first-order valence-corrected chi connectivity index (χ1v) is 8.19. The highest BCUT2D eigenvalue weighted by atomic mass is 16.2. The third kappa shape index (κ3) is 3.32. The second-order valence-electron chi connectivity index (χ2n) is 6.22. The average Bonchev–Trinajstić information content (AvgIpc) is 2.94. The fourth-order valence-electron chi connectivity index (χ4n) is 3.17. The van der Waals surface area contributed by atoms with E-state index in [0.29, 0.717) is 23.5 Å². The van der Waals surface area contributed by atoms with Crippen molar-refractivity contribution in [1.82, 2.24) is 19.8 Å². The molecule has 6 heteroatoms. The fourth-order valence-corrected chi connectivity index (χ4v) is 3.17. The van der Waals surface area contributed by atoms with Crippen LogP contribution in [-0.4, -0.2) is 45.4 Å². The van der Waals surface area contributed by atoms with Crippen molar-refractivity contribution in [1.29, 1.82) is 0 Å². The van der Waals surface area contributed by atoms with Crippen molar-refractivity contribution >= 4 is 11.8 Å². The van der Waals surface area contributed by atoms with Gasteiger partial charge in [0.2, 0.25) is 0 Å². The van der Waals surface area contributed by atoms with Gasteiger partial charge in [-0.3, -0.25) is 9.59 Å². The zero-order valence-corrected chi connectivity index (χ0v) is 14.0. The summed E-state index contributed by atoms with van der Waals surface area (Å²) in [5, 5.41) is 3.05. The van der Waals surface area contributed by atoms with Crippen molar-refractivity contribution in [3.63, 3.8) is 0 Å². The minimum Gasteiger partial charge on any atom is -0.346 e. The van der Waals surface area contributed by atoms with E-state index in [0.717, 1.165) is 19.4 Å². The Labute approximate surface area is 141 Å². The van der Waals surface area contributed by atoms with Crippen LogP contribution in [0.4, 0.5) is 0 Å². The van der Waals surface area contributed by atoms with Crippen molar-refractivity contribution in [2.24, 2.45) is 7.05 Å². The molecule has 6 nitrogen and oxygen atoms in total. The van der Waals surface area contributed by atoms with Crippen LogP contribution >= 0.6 is 0 Å². The monoisotopic (exact) mass is 326 g/mol. The minimum absolute atomic E-state index is 0.0197. The third-order valence-electron chi connectivity index (χ3n) is 4.40.